The SMILES string of the molecule is COc1ccc(CC(=O)Nc2nc(CSCC(=O)Nc3ccc(OC)cc3)cs2)cc1. The monoisotopic (exact) mass is 457 g/mol. The topological polar surface area (TPSA) is 89.5 Å². The molecule has 7 nitrogen and oxygen atoms in total. The molecule has 0 radical (unpaired) electrons. The molecule has 1 aromatic heterocycles. The molecule has 9 heteroatoms. The van der Waals surface area contributed by atoms with Gasteiger partial charge < -0.3 is 20.1 Å². The Morgan fingerprint density at radius 1 is 0.935 bits per heavy atom. The Bertz CT molecular complexity index is 1000. The van der Waals surface area contributed by atoms with E-state index < -0.39 is 0 Å². The lowest BCUT2D eigenvalue weighted by Crippen LogP contribution is -2.14. The lowest BCUT2D eigenvalue weighted by Gasteiger charge is -2.06. The summed E-state index contributed by atoms with van der Waals surface area (Å²) in [6.07, 6.45) is 0.263. The summed E-state index contributed by atoms with van der Waals surface area (Å²) in [5, 5.41) is 8.10. The third kappa shape index (κ3) is 7.30. The van der Waals surface area contributed by atoms with E-state index in [9.17, 15) is 9.59 Å². The second kappa shape index (κ2) is 11.4. The number of thiazole rings is 1. The summed E-state index contributed by atoms with van der Waals surface area (Å²) in [5.74, 6) is 2.17. The smallest absolute Gasteiger partial charge is 0.234 e. The number of amides is 2. The van der Waals surface area contributed by atoms with Gasteiger partial charge in [-0.2, -0.15) is 0 Å². The van der Waals surface area contributed by atoms with Crippen molar-refractivity contribution >= 4 is 45.7 Å². The maximum atomic E-state index is 12.2. The minimum absolute atomic E-state index is 0.0848. The van der Waals surface area contributed by atoms with Crippen LogP contribution in [0.5, 0.6) is 11.5 Å². The van der Waals surface area contributed by atoms with Gasteiger partial charge in [-0.3, -0.25) is 9.59 Å². The van der Waals surface area contributed by atoms with Crippen molar-refractivity contribution in [2.75, 3.05) is 30.6 Å². The molecule has 162 valence electrons. The van der Waals surface area contributed by atoms with Gasteiger partial charge in [-0.05, 0) is 42.0 Å². The molecule has 0 atom stereocenters. The average Bonchev–Trinajstić information content (AvgIpc) is 3.21. The van der Waals surface area contributed by atoms with Crippen LogP contribution in [-0.2, 0) is 21.8 Å². The minimum atomic E-state index is -0.127. The van der Waals surface area contributed by atoms with E-state index in [1.807, 2.05) is 29.6 Å². The third-order valence-electron chi connectivity index (χ3n) is 4.18. The van der Waals surface area contributed by atoms with Crippen molar-refractivity contribution in [3.63, 3.8) is 0 Å². The Hall–Kier alpha value is -3.04. The van der Waals surface area contributed by atoms with Crippen molar-refractivity contribution in [3.8, 4) is 11.5 Å². The summed E-state index contributed by atoms with van der Waals surface area (Å²) in [5.41, 5.74) is 2.45. The molecule has 2 amide bonds. The fraction of sp³-hybridized carbons (Fsp3) is 0.227. The average molecular weight is 458 g/mol. The fourth-order valence-electron chi connectivity index (χ4n) is 2.64. The van der Waals surface area contributed by atoms with Crippen molar-refractivity contribution in [3.05, 3.63) is 65.2 Å². The van der Waals surface area contributed by atoms with Gasteiger partial charge in [-0.25, -0.2) is 4.98 Å². The summed E-state index contributed by atoms with van der Waals surface area (Å²) in [7, 11) is 3.20. The van der Waals surface area contributed by atoms with Gasteiger partial charge in [0.1, 0.15) is 11.5 Å². The highest BCUT2D eigenvalue weighted by Crippen LogP contribution is 2.21. The summed E-state index contributed by atoms with van der Waals surface area (Å²) in [6, 6.07) is 14.5. The minimum Gasteiger partial charge on any atom is -0.497 e. The van der Waals surface area contributed by atoms with E-state index in [1.54, 1.807) is 38.5 Å². The Kier molecular flexibility index (Phi) is 8.31. The molecule has 0 spiro atoms. The zero-order chi connectivity index (χ0) is 22.1. The van der Waals surface area contributed by atoms with Crippen LogP contribution in [0.4, 0.5) is 10.8 Å². The van der Waals surface area contributed by atoms with Crippen LogP contribution in [0.15, 0.2) is 53.9 Å². The normalized spacial score (nSPS) is 10.4. The predicted molar refractivity (Wildman–Crippen MR) is 125 cm³/mol. The van der Waals surface area contributed by atoms with Crippen molar-refractivity contribution in [2.45, 2.75) is 12.2 Å². The van der Waals surface area contributed by atoms with Crippen molar-refractivity contribution in [1.29, 1.82) is 0 Å². The molecule has 0 aliphatic heterocycles. The molecule has 0 unspecified atom stereocenters. The molecule has 2 N–H and O–H groups in total. The van der Waals surface area contributed by atoms with Crippen LogP contribution in [0.2, 0.25) is 0 Å². The van der Waals surface area contributed by atoms with Gasteiger partial charge in [-0.1, -0.05) is 12.1 Å². The first-order valence-electron chi connectivity index (χ1n) is 9.44. The molecule has 0 saturated heterocycles. The van der Waals surface area contributed by atoms with Gasteiger partial charge in [0, 0.05) is 16.8 Å². The van der Waals surface area contributed by atoms with E-state index in [2.05, 4.69) is 15.6 Å². The Balaban J connectivity index is 1.39. The number of nitrogens with one attached hydrogen (secondary N) is 2. The van der Waals surface area contributed by atoms with Crippen LogP contribution < -0.4 is 20.1 Å². The van der Waals surface area contributed by atoms with Crippen molar-refractivity contribution in [1.82, 2.24) is 4.98 Å². The first-order chi connectivity index (χ1) is 15.1. The molecule has 3 rings (SSSR count). The molecule has 0 saturated carbocycles. The Labute approximate surface area is 189 Å². The third-order valence-corrected chi connectivity index (χ3v) is 5.95. The number of benzene rings is 2. The predicted octanol–water partition coefficient (Wildman–Crippen LogP) is 4.21. The number of thioether (sulfide) groups is 1. The van der Waals surface area contributed by atoms with Crippen LogP contribution >= 0.6 is 23.1 Å². The largest absolute Gasteiger partial charge is 0.497 e. The van der Waals surface area contributed by atoms with E-state index >= 15 is 0 Å². The zero-order valence-corrected chi connectivity index (χ0v) is 18.8. The van der Waals surface area contributed by atoms with Gasteiger partial charge in [-0.15, -0.1) is 23.1 Å². The molecular formula is C22H23N3O4S2. The number of anilines is 2. The number of hydrogen-bond donors (Lipinski definition) is 2. The van der Waals surface area contributed by atoms with Gasteiger partial charge in [0.2, 0.25) is 11.8 Å². The Morgan fingerprint density at radius 2 is 1.58 bits per heavy atom. The lowest BCUT2D eigenvalue weighted by molar-refractivity contribution is -0.115. The number of rotatable bonds is 10. The molecule has 0 aliphatic carbocycles. The van der Waals surface area contributed by atoms with Gasteiger partial charge in [0.15, 0.2) is 5.13 Å². The standard InChI is InChI=1S/C22H23N3O4S2/c1-28-18-7-3-15(4-8-18)11-20(26)25-22-24-17(13-31-22)12-30-14-21(27)23-16-5-9-19(29-2)10-6-16/h3-10,13H,11-12,14H2,1-2H3,(H,23,27)(H,24,25,26). The number of carbonyl (C=O) groups is 2. The Morgan fingerprint density at radius 3 is 2.23 bits per heavy atom. The molecule has 0 fully saturated rings. The summed E-state index contributed by atoms with van der Waals surface area (Å²) >= 11 is 2.83. The number of nitrogens with zero attached hydrogens (tertiary/aromatic N) is 1. The number of methoxy groups -OCH3 is 2. The summed E-state index contributed by atoms with van der Waals surface area (Å²) < 4.78 is 10.2. The first kappa shape index (κ1) is 22.6. The highest BCUT2D eigenvalue weighted by Gasteiger charge is 2.09. The number of carbonyl (C=O) groups excluding carboxylic acids is 2. The second-order valence-electron chi connectivity index (χ2n) is 6.49. The molecule has 0 bridgehead atoms. The molecule has 3 aromatic rings. The van der Waals surface area contributed by atoms with Gasteiger partial charge in [0.05, 0.1) is 32.1 Å². The maximum absolute atomic E-state index is 12.2. The second-order valence-corrected chi connectivity index (χ2v) is 8.33. The summed E-state index contributed by atoms with van der Waals surface area (Å²) in [6.45, 7) is 0. The van der Waals surface area contributed by atoms with Crippen LogP contribution in [0.1, 0.15) is 11.3 Å². The van der Waals surface area contributed by atoms with Crippen molar-refractivity contribution in [2.24, 2.45) is 0 Å². The number of aromatic nitrogens is 1. The number of ether oxygens (including phenoxy) is 2. The lowest BCUT2D eigenvalue weighted by atomic mass is 10.1. The fourth-order valence-corrected chi connectivity index (χ4v) is 4.19. The molecule has 31 heavy (non-hydrogen) atoms. The summed E-state index contributed by atoms with van der Waals surface area (Å²) in [4.78, 5) is 28.7. The van der Waals surface area contributed by atoms with Crippen LogP contribution in [-0.4, -0.2) is 36.8 Å². The first-order valence-corrected chi connectivity index (χ1v) is 11.5. The molecule has 1 heterocycles. The van der Waals surface area contributed by atoms with E-state index in [0.717, 1.165) is 28.4 Å². The van der Waals surface area contributed by atoms with Crippen LogP contribution in [0.25, 0.3) is 0 Å². The molecule has 0 aliphatic rings. The van der Waals surface area contributed by atoms with Crippen LogP contribution in [0, 0.1) is 0 Å². The highest BCUT2D eigenvalue weighted by molar-refractivity contribution is 7.99. The number of hydrogen-bond acceptors (Lipinski definition) is 7. The maximum Gasteiger partial charge on any atom is 0.234 e. The quantitative estimate of drug-likeness (QED) is 0.474. The van der Waals surface area contributed by atoms with E-state index in [4.69, 9.17) is 9.47 Å². The van der Waals surface area contributed by atoms with Gasteiger partial charge >= 0.3 is 0 Å². The highest BCUT2D eigenvalue weighted by atomic mass is 32.2. The van der Waals surface area contributed by atoms with Gasteiger partial charge in [0.25, 0.3) is 0 Å². The van der Waals surface area contributed by atoms with E-state index in [0.29, 0.717) is 16.6 Å². The zero-order valence-electron chi connectivity index (χ0n) is 17.2. The van der Waals surface area contributed by atoms with E-state index in [-0.39, 0.29) is 18.2 Å². The van der Waals surface area contributed by atoms with E-state index in [1.165, 1.54) is 23.1 Å². The molecule has 2 aromatic carbocycles. The van der Waals surface area contributed by atoms with Crippen molar-refractivity contribution < 1.29 is 19.1 Å². The van der Waals surface area contributed by atoms with Crippen LogP contribution in [0.3, 0.4) is 0 Å². The molecular weight excluding hydrogens is 434 g/mol.